The molecule has 1 saturated carbocycles. The third-order valence-electron chi connectivity index (χ3n) is 6.68. The number of hydrogen-bond acceptors (Lipinski definition) is 1. The molecule has 3 heterocycles. The van der Waals surface area contributed by atoms with E-state index in [-0.39, 0.29) is 0 Å². The second-order valence-electron chi connectivity index (χ2n) is 7.87. The van der Waals surface area contributed by atoms with Gasteiger partial charge in [0.2, 0.25) is 0 Å². The van der Waals surface area contributed by atoms with Gasteiger partial charge in [-0.2, -0.15) is 0 Å². The van der Waals surface area contributed by atoms with Crippen molar-refractivity contribution in [3.05, 3.63) is 35.5 Å². The minimum absolute atomic E-state index is 0.644. The van der Waals surface area contributed by atoms with Gasteiger partial charge in [-0.3, -0.25) is 4.90 Å². The first-order valence-corrected chi connectivity index (χ1v) is 9.16. The summed E-state index contributed by atoms with van der Waals surface area (Å²) in [6.07, 6.45) is 8.47. The van der Waals surface area contributed by atoms with Gasteiger partial charge < -0.3 is 4.98 Å². The Morgan fingerprint density at radius 2 is 1.91 bits per heavy atom. The van der Waals surface area contributed by atoms with Crippen LogP contribution in [0.25, 0.3) is 10.9 Å². The van der Waals surface area contributed by atoms with Crippen LogP contribution in [0.5, 0.6) is 0 Å². The summed E-state index contributed by atoms with van der Waals surface area (Å²) in [6.45, 7) is 3.78. The fraction of sp³-hybridized carbons (Fsp3) is 0.600. The molecule has 1 aliphatic carbocycles. The van der Waals surface area contributed by atoms with Gasteiger partial charge in [-0.1, -0.05) is 37.5 Å². The average Bonchev–Trinajstić information content (AvgIpc) is 2.93. The molecule has 5 rings (SSSR count). The number of nitrogens with zero attached hydrogens (tertiary/aromatic N) is 1. The summed E-state index contributed by atoms with van der Waals surface area (Å²) >= 11 is 0. The van der Waals surface area contributed by atoms with Gasteiger partial charge in [0, 0.05) is 29.2 Å². The van der Waals surface area contributed by atoms with E-state index in [2.05, 4.69) is 41.1 Å². The highest BCUT2D eigenvalue weighted by molar-refractivity contribution is 5.85. The fourth-order valence-electron chi connectivity index (χ4n) is 5.56. The molecule has 0 unspecified atom stereocenters. The molecule has 3 aliphatic rings. The van der Waals surface area contributed by atoms with Gasteiger partial charge in [0.1, 0.15) is 0 Å². The van der Waals surface area contributed by atoms with Crippen LogP contribution in [0.15, 0.2) is 24.3 Å². The van der Waals surface area contributed by atoms with Gasteiger partial charge >= 0.3 is 0 Å². The molecule has 1 saturated heterocycles. The topological polar surface area (TPSA) is 19.0 Å². The summed E-state index contributed by atoms with van der Waals surface area (Å²) in [6, 6.07) is 10.2. The molecule has 2 nitrogen and oxygen atoms in total. The van der Waals surface area contributed by atoms with Crippen LogP contribution in [-0.4, -0.2) is 22.5 Å². The maximum atomic E-state index is 3.79. The number of benzene rings is 1. The molecule has 1 N–H and O–H groups in total. The molecule has 0 radical (unpaired) electrons. The minimum atomic E-state index is 0.644. The Balaban J connectivity index is 1.59. The lowest BCUT2D eigenvalue weighted by atomic mass is 9.70. The van der Waals surface area contributed by atoms with E-state index in [0.717, 1.165) is 11.8 Å². The van der Waals surface area contributed by atoms with Gasteiger partial charge in [-0.05, 0) is 49.7 Å². The zero-order valence-electron chi connectivity index (χ0n) is 13.5. The Labute approximate surface area is 132 Å². The molecule has 0 spiro atoms. The lowest BCUT2D eigenvalue weighted by Gasteiger charge is -2.50. The number of aromatic amines is 1. The van der Waals surface area contributed by atoms with E-state index in [1.807, 2.05) is 0 Å². The summed E-state index contributed by atoms with van der Waals surface area (Å²) in [7, 11) is 0. The highest BCUT2D eigenvalue weighted by Gasteiger charge is 2.43. The summed E-state index contributed by atoms with van der Waals surface area (Å²) in [5.74, 6) is 1.94. The Morgan fingerprint density at radius 3 is 2.82 bits per heavy atom. The van der Waals surface area contributed by atoms with Gasteiger partial charge in [-0.15, -0.1) is 0 Å². The number of fused-ring (bicyclic) bond motifs is 6. The zero-order chi connectivity index (χ0) is 14.7. The fourth-order valence-corrected chi connectivity index (χ4v) is 5.56. The Kier molecular flexibility index (Phi) is 2.91. The number of nitrogens with one attached hydrogen (secondary N) is 1. The molecule has 1 aromatic heterocycles. The van der Waals surface area contributed by atoms with E-state index in [1.165, 1.54) is 56.0 Å². The Hall–Kier alpha value is -1.28. The SMILES string of the molecule is C[C@@H]1Cc2c([nH]c3ccccc23)[C@@H]2C[C@@H]3CCCC[C@H]3CN12. The van der Waals surface area contributed by atoms with E-state index in [1.54, 1.807) is 11.3 Å². The molecular weight excluding hydrogens is 268 g/mol. The average molecular weight is 294 g/mol. The molecule has 0 amide bonds. The summed E-state index contributed by atoms with van der Waals surface area (Å²) in [5, 5.41) is 1.47. The molecular formula is C20H26N2. The lowest BCUT2D eigenvalue weighted by Crippen LogP contribution is -2.50. The predicted octanol–water partition coefficient (Wildman–Crippen LogP) is 4.67. The molecule has 4 atom stereocenters. The van der Waals surface area contributed by atoms with E-state index in [9.17, 15) is 0 Å². The van der Waals surface area contributed by atoms with Crippen LogP contribution in [0.2, 0.25) is 0 Å². The molecule has 2 heteroatoms. The summed E-state index contributed by atoms with van der Waals surface area (Å²) in [4.78, 5) is 6.61. The van der Waals surface area contributed by atoms with Crippen molar-refractivity contribution in [3.8, 4) is 0 Å². The van der Waals surface area contributed by atoms with Crippen molar-refractivity contribution in [1.82, 2.24) is 9.88 Å². The first-order valence-electron chi connectivity index (χ1n) is 9.16. The van der Waals surface area contributed by atoms with E-state index in [4.69, 9.17) is 0 Å². The summed E-state index contributed by atoms with van der Waals surface area (Å²) < 4.78 is 0. The van der Waals surface area contributed by atoms with Crippen molar-refractivity contribution >= 4 is 10.9 Å². The van der Waals surface area contributed by atoms with Crippen LogP contribution in [0.1, 0.15) is 56.3 Å². The van der Waals surface area contributed by atoms with Gasteiger partial charge in [0.15, 0.2) is 0 Å². The van der Waals surface area contributed by atoms with Crippen LogP contribution >= 0.6 is 0 Å². The number of aromatic nitrogens is 1. The molecule has 2 aliphatic heterocycles. The zero-order valence-corrected chi connectivity index (χ0v) is 13.5. The summed E-state index contributed by atoms with van der Waals surface area (Å²) in [5.41, 5.74) is 4.49. The first kappa shape index (κ1) is 13.2. The molecule has 116 valence electrons. The smallest absolute Gasteiger partial charge is 0.0507 e. The van der Waals surface area contributed by atoms with Crippen molar-refractivity contribution < 1.29 is 0 Å². The molecule has 2 fully saturated rings. The molecule has 1 aromatic carbocycles. The second-order valence-corrected chi connectivity index (χ2v) is 7.87. The maximum Gasteiger partial charge on any atom is 0.0507 e. The predicted molar refractivity (Wildman–Crippen MR) is 91.0 cm³/mol. The standard InChI is InChI=1S/C20H26N2/c1-13-10-17-16-8-4-5-9-18(16)21-20(17)19-11-14-6-2-3-7-15(14)12-22(13)19/h4-5,8-9,13-15,19,21H,2-3,6-7,10-12H2,1H3/t13-,14+,15+,19+/m1/s1. The van der Waals surface area contributed by atoms with Crippen LogP contribution in [0, 0.1) is 11.8 Å². The second kappa shape index (κ2) is 4.86. The van der Waals surface area contributed by atoms with Crippen molar-refractivity contribution in [3.63, 3.8) is 0 Å². The number of H-pyrrole nitrogens is 1. The molecule has 2 aromatic rings. The van der Waals surface area contributed by atoms with Crippen LogP contribution in [-0.2, 0) is 6.42 Å². The van der Waals surface area contributed by atoms with Crippen molar-refractivity contribution in [2.24, 2.45) is 11.8 Å². The van der Waals surface area contributed by atoms with Crippen molar-refractivity contribution in [2.45, 2.75) is 57.5 Å². The largest absolute Gasteiger partial charge is 0.357 e. The maximum absolute atomic E-state index is 3.79. The van der Waals surface area contributed by atoms with Crippen molar-refractivity contribution in [1.29, 1.82) is 0 Å². The van der Waals surface area contributed by atoms with E-state index >= 15 is 0 Å². The molecule has 0 bridgehead atoms. The van der Waals surface area contributed by atoms with E-state index < -0.39 is 0 Å². The number of rotatable bonds is 0. The number of piperidine rings is 1. The lowest BCUT2D eigenvalue weighted by molar-refractivity contribution is 0.00372. The van der Waals surface area contributed by atoms with Crippen LogP contribution < -0.4 is 0 Å². The Bertz CT molecular complexity index is 701. The van der Waals surface area contributed by atoms with E-state index in [0.29, 0.717) is 12.1 Å². The first-order chi connectivity index (χ1) is 10.8. The van der Waals surface area contributed by atoms with Gasteiger partial charge in [-0.25, -0.2) is 0 Å². The van der Waals surface area contributed by atoms with Crippen LogP contribution in [0.3, 0.4) is 0 Å². The van der Waals surface area contributed by atoms with Crippen LogP contribution in [0.4, 0.5) is 0 Å². The number of hydrogen-bond donors (Lipinski definition) is 1. The van der Waals surface area contributed by atoms with Gasteiger partial charge in [0.25, 0.3) is 0 Å². The molecule has 22 heavy (non-hydrogen) atoms. The van der Waals surface area contributed by atoms with Crippen molar-refractivity contribution in [2.75, 3.05) is 6.54 Å². The monoisotopic (exact) mass is 294 g/mol. The highest BCUT2D eigenvalue weighted by atomic mass is 15.2. The quantitative estimate of drug-likeness (QED) is 0.748. The van der Waals surface area contributed by atoms with Gasteiger partial charge in [0.05, 0.1) is 6.04 Å². The third kappa shape index (κ3) is 1.83. The Morgan fingerprint density at radius 1 is 1.09 bits per heavy atom. The minimum Gasteiger partial charge on any atom is -0.357 e. The number of para-hydroxylation sites is 1. The highest BCUT2D eigenvalue weighted by Crippen LogP contribution is 2.48. The third-order valence-corrected chi connectivity index (χ3v) is 6.68. The normalized spacial score (nSPS) is 35.0.